The number of nitrogens with zero attached hydrogens (tertiary/aromatic N) is 3. The number of rotatable bonds is 4. The van der Waals surface area contributed by atoms with E-state index in [1.807, 2.05) is 0 Å². The lowest BCUT2D eigenvalue weighted by Gasteiger charge is -2.40. The van der Waals surface area contributed by atoms with Crippen molar-refractivity contribution in [1.29, 1.82) is 5.26 Å². The van der Waals surface area contributed by atoms with Gasteiger partial charge in [-0.25, -0.2) is 14.2 Å². The summed E-state index contributed by atoms with van der Waals surface area (Å²) in [5.41, 5.74) is -0.674. The summed E-state index contributed by atoms with van der Waals surface area (Å²) in [6, 6.07) is 1.85. The van der Waals surface area contributed by atoms with E-state index < -0.39 is 29.5 Å². The van der Waals surface area contributed by atoms with Gasteiger partial charge in [0.1, 0.15) is 11.2 Å². The highest BCUT2D eigenvalue weighted by atomic mass is 35.5. The van der Waals surface area contributed by atoms with Crippen molar-refractivity contribution in [3.05, 3.63) is 22.6 Å². The Balaban J connectivity index is 3.03. The minimum atomic E-state index is -1.06. The number of hydrogen-bond donors (Lipinski definition) is 2. The molecular weight excluding hydrogens is 323 g/mol. The first-order chi connectivity index (χ1) is 10.5. The summed E-state index contributed by atoms with van der Waals surface area (Å²) < 4.78 is 14.0. The zero-order valence-corrected chi connectivity index (χ0v) is 14.4. The second-order valence-electron chi connectivity index (χ2n) is 6.27. The molecule has 23 heavy (non-hydrogen) atoms. The molecule has 126 valence electrons. The van der Waals surface area contributed by atoms with Gasteiger partial charge in [-0.05, 0) is 40.7 Å². The molecule has 0 saturated heterocycles. The van der Waals surface area contributed by atoms with Crippen LogP contribution in [0.25, 0.3) is 0 Å². The molecule has 1 amide bonds. The van der Waals surface area contributed by atoms with Gasteiger partial charge < -0.3 is 10.4 Å². The van der Waals surface area contributed by atoms with E-state index in [1.165, 1.54) is 4.90 Å². The molecule has 0 saturated carbocycles. The standard InChI is InChI=1S/C15H20ClFN4O2/c1-8(9(2)21(14(22)23)15(3,4)5)19-13-11(17)6-10(7-18)12(16)20-13/h6,8-9H,1-5H3,(H,19,20)(H,22,23)/t8-,9+/m0/s1. The Kier molecular flexibility index (Phi) is 5.78. The van der Waals surface area contributed by atoms with E-state index in [-0.39, 0.29) is 16.5 Å². The Morgan fingerprint density at radius 2 is 2.09 bits per heavy atom. The van der Waals surface area contributed by atoms with E-state index in [4.69, 9.17) is 16.9 Å². The number of halogens is 2. The number of carbonyl (C=O) groups is 1. The second-order valence-corrected chi connectivity index (χ2v) is 6.62. The molecule has 0 spiro atoms. The molecule has 1 rings (SSSR count). The van der Waals surface area contributed by atoms with E-state index in [9.17, 15) is 14.3 Å². The summed E-state index contributed by atoms with van der Waals surface area (Å²) >= 11 is 5.81. The van der Waals surface area contributed by atoms with E-state index in [0.29, 0.717) is 0 Å². The van der Waals surface area contributed by atoms with Crippen LogP contribution in [0.1, 0.15) is 40.2 Å². The van der Waals surface area contributed by atoms with Gasteiger partial charge in [0.15, 0.2) is 11.6 Å². The quantitative estimate of drug-likeness (QED) is 0.814. The molecule has 0 aliphatic carbocycles. The minimum absolute atomic E-state index is 0.0581. The molecule has 6 nitrogen and oxygen atoms in total. The molecule has 0 aromatic carbocycles. The molecule has 0 bridgehead atoms. The lowest BCUT2D eigenvalue weighted by atomic mass is 10.0. The number of nitriles is 1. The van der Waals surface area contributed by atoms with Crippen molar-refractivity contribution in [1.82, 2.24) is 9.88 Å². The highest BCUT2D eigenvalue weighted by Crippen LogP contribution is 2.23. The molecule has 0 aliphatic rings. The van der Waals surface area contributed by atoms with Crippen LogP contribution in [0, 0.1) is 17.1 Å². The van der Waals surface area contributed by atoms with Gasteiger partial charge in [0.05, 0.1) is 11.6 Å². The van der Waals surface area contributed by atoms with Gasteiger partial charge in [0, 0.05) is 11.6 Å². The van der Waals surface area contributed by atoms with Crippen molar-refractivity contribution in [3.8, 4) is 6.07 Å². The average molecular weight is 343 g/mol. The number of nitrogens with one attached hydrogen (secondary N) is 1. The first-order valence-electron chi connectivity index (χ1n) is 7.04. The van der Waals surface area contributed by atoms with Crippen molar-refractivity contribution in [3.63, 3.8) is 0 Å². The largest absolute Gasteiger partial charge is 0.465 e. The number of anilines is 1. The van der Waals surface area contributed by atoms with Crippen molar-refractivity contribution < 1.29 is 14.3 Å². The predicted molar refractivity (Wildman–Crippen MR) is 86.1 cm³/mol. The Bertz CT molecular complexity index is 640. The van der Waals surface area contributed by atoms with Crippen molar-refractivity contribution in [2.24, 2.45) is 0 Å². The Morgan fingerprint density at radius 3 is 2.52 bits per heavy atom. The maximum atomic E-state index is 14.0. The molecule has 1 aromatic rings. The molecule has 2 atom stereocenters. The molecule has 2 N–H and O–H groups in total. The normalized spacial score (nSPS) is 13.8. The van der Waals surface area contributed by atoms with E-state index in [0.717, 1.165) is 6.07 Å². The van der Waals surface area contributed by atoms with Crippen LogP contribution in [-0.2, 0) is 0 Å². The third kappa shape index (κ3) is 4.45. The highest BCUT2D eigenvalue weighted by molar-refractivity contribution is 6.30. The minimum Gasteiger partial charge on any atom is -0.465 e. The van der Waals surface area contributed by atoms with Crippen LogP contribution in [0.5, 0.6) is 0 Å². The number of aromatic nitrogens is 1. The molecule has 1 heterocycles. The molecule has 1 aromatic heterocycles. The summed E-state index contributed by atoms with van der Waals surface area (Å²) in [5, 5.41) is 20.9. The van der Waals surface area contributed by atoms with Crippen LogP contribution in [0.15, 0.2) is 6.07 Å². The maximum Gasteiger partial charge on any atom is 0.408 e. The van der Waals surface area contributed by atoms with Gasteiger partial charge in [-0.15, -0.1) is 0 Å². The van der Waals surface area contributed by atoms with Crippen LogP contribution in [0.2, 0.25) is 5.15 Å². The molecule has 8 heteroatoms. The van der Waals surface area contributed by atoms with Crippen molar-refractivity contribution in [2.75, 3.05) is 5.32 Å². The SMILES string of the molecule is C[C@H](Nc1nc(Cl)c(C#N)cc1F)[C@@H](C)N(C(=O)O)C(C)(C)C. The van der Waals surface area contributed by atoms with E-state index in [2.05, 4.69) is 10.3 Å². The lowest BCUT2D eigenvalue weighted by Crippen LogP contribution is -2.55. The topological polar surface area (TPSA) is 89.3 Å². The van der Waals surface area contributed by atoms with Crippen LogP contribution in [0.4, 0.5) is 15.0 Å². The van der Waals surface area contributed by atoms with Gasteiger partial charge in [-0.2, -0.15) is 5.26 Å². The van der Waals surface area contributed by atoms with Crippen LogP contribution < -0.4 is 5.32 Å². The zero-order valence-electron chi connectivity index (χ0n) is 13.7. The first-order valence-corrected chi connectivity index (χ1v) is 7.41. The maximum absolute atomic E-state index is 14.0. The summed E-state index contributed by atoms with van der Waals surface area (Å²) in [5.74, 6) is -0.838. The third-order valence-electron chi connectivity index (χ3n) is 3.47. The molecular formula is C15H20ClFN4O2. The monoisotopic (exact) mass is 342 g/mol. The van der Waals surface area contributed by atoms with Gasteiger partial charge in [0.2, 0.25) is 0 Å². The lowest BCUT2D eigenvalue weighted by molar-refractivity contribution is 0.0710. The smallest absolute Gasteiger partial charge is 0.408 e. The average Bonchev–Trinajstić information content (AvgIpc) is 2.40. The van der Waals surface area contributed by atoms with E-state index >= 15 is 0 Å². The molecule has 0 radical (unpaired) electrons. The summed E-state index contributed by atoms with van der Waals surface area (Å²) in [4.78, 5) is 16.6. The van der Waals surface area contributed by atoms with Crippen molar-refractivity contribution >= 4 is 23.5 Å². The number of hydrogen-bond acceptors (Lipinski definition) is 4. The highest BCUT2D eigenvalue weighted by Gasteiger charge is 2.33. The Morgan fingerprint density at radius 1 is 1.52 bits per heavy atom. The summed E-state index contributed by atoms with van der Waals surface area (Å²) in [7, 11) is 0. The molecule has 0 fully saturated rings. The number of amides is 1. The summed E-state index contributed by atoms with van der Waals surface area (Å²) in [6.45, 7) is 8.78. The first kappa shape index (κ1) is 19.0. The Hall–Kier alpha value is -2.07. The van der Waals surface area contributed by atoms with Crippen LogP contribution in [0.3, 0.4) is 0 Å². The predicted octanol–water partition coefficient (Wildman–Crippen LogP) is 3.71. The number of pyridine rings is 1. The molecule has 0 aliphatic heterocycles. The zero-order chi connectivity index (χ0) is 17.9. The number of carboxylic acid groups (broad SMARTS) is 1. The fourth-order valence-electron chi connectivity index (χ4n) is 2.28. The van der Waals surface area contributed by atoms with Gasteiger partial charge >= 0.3 is 6.09 Å². The van der Waals surface area contributed by atoms with Crippen LogP contribution in [-0.4, -0.2) is 38.7 Å². The second kappa shape index (κ2) is 7.01. The Labute approximate surface area is 139 Å². The van der Waals surface area contributed by atoms with Crippen molar-refractivity contribution in [2.45, 2.75) is 52.2 Å². The van der Waals surface area contributed by atoms with E-state index in [1.54, 1.807) is 40.7 Å². The fraction of sp³-hybridized carbons (Fsp3) is 0.533. The van der Waals surface area contributed by atoms with Crippen LogP contribution >= 0.6 is 11.6 Å². The van der Waals surface area contributed by atoms with Gasteiger partial charge in [-0.3, -0.25) is 4.90 Å². The third-order valence-corrected chi connectivity index (χ3v) is 3.76. The molecule has 0 unspecified atom stereocenters. The van der Waals surface area contributed by atoms with Gasteiger partial charge in [-0.1, -0.05) is 11.6 Å². The fourth-order valence-corrected chi connectivity index (χ4v) is 2.46. The van der Waals surface area contributed by atoms with Gasteiger partial charge in [0.25, 0.3) is 0 Å². The summed E-state index contributed by atoms with van der Waals surface area (Å²) in [6.07, 6.45) is -1.06.